The second-order valence-electron chi connectivity index (χ2n) is 5.95. The summed E-state index contributed by atoms with van der Waals surface area (Å²) in [5.41, 5.74) is 0.979. The molecule has 0 amide bonds. The van der Waals surface area contributed by atoms with Gasteiger partial charge < -0.3 is 29.2 Å². The minimum atomic E-state index is -1.42. The predicted octanol–water partition coefficient (Wildman–Crippen LogP) is 1.17. The fourth-order valence-electron chi connectivity index (χ4n) is 2.64. The van der Waals surface area contributed by atoms with E-state index in [9.17, 15) is 15.0 Å². The van der Waals surface area contributed by atoms with E-state index >= 15 is 0 Å². The zero-order chi connectivity index (χ0) is 18.9. The van der Waals surface area contributed by atoms with Gasteiger partial charge in [0.05, 0.1) is 19.8 Å². The summed E-state index contributed by atoms with van der Waals surface area (Å²) in [7, 11) is 0. The highest BCUT2D eigenvalue weighted by atomic mass is 16.7. The molecule has 2 rings (SSSR count). The molecule has 1 saturated heterocycles. The molecular formula is C19H26O7. The van der Waals surface area contributed by atoms with Crippen molar-refractivity contribution in [2.45, 2.75) is 50.7 Å². The van der Waals surface area contributed by atoms with Crippen LogP contribution in [0.5, 0.6) is 0 Å². The third-order valence-corrected chi connectivity index (χ3v) is 3.99. The first-order chi connectivity index (χ1) is 12.6. The predicted molar refractivity (Wildman–Crippen MR) is 93.1 cm³/mol. The van der Waals surface area contributed by atoms with Gasteiger partial charge in [-0.15, -0.1) is 6.58 Å². The van der Waals surface area contributed by atoms with Crippen LogP contribution in [0, 0.1) is 0 Å². The third-order valence-electron chi connectivity index (χ3n) is 3.99. The third kappa shape index (κ3) is 5.62. The minimum absolute atomic E-state index is 0.0511. The molecule has 1 heterocycles. The quantitative estimate of drug-likeness (QED) is 0.500. The molecule has 5 atom stereocenters. The number of hydrogen-bond donors (Lipinski definition) is 2. The van der Waals surface area contributed by atoms with Crippen LogP contribution in [0.15, 0.2) is 43.0 Å². The zero-order valence-corrected chi connectivity index (χ0v) is 14.8. The maximum absolute atomic E-state index is 11.6. The molecule has 2 N–H and O–H groups in total. The largest absolute Gasteiger partial charge is 0.454 e. The highest BCUT2D eigenvalue weighted by Crippen LogP contribution is 2.26. The van der Waals surface area contributed by atoms with Crippen molar-refractivity contribution in [3.8, 4) is 0 Å². The van der Waals surface area contributed by atoms with E-state index in [1.807, 2.05) is 30.3 Å². The summed E-state index contributed by atoms with van der Waals surface area (Å²) in [6.45, 7) is 5.72. The molecule has 1 aromatic carbocycles. The van der Waals surface area contributed by atoms with Crippen LogP contribution in [0.4, 0.5) is 0 Å². The van der Waals surface area contributed by atoms with Crippen molar-refractivity contribution in [1.82, 2.24) is 0 Å². The summed E-state index contributed by atoms with van der Waals surface area (Å²) in [6.07, 6.45) is -3.80. The second kappa shape index (κ2) is 10.4. The normalized spacial score (nSPS) is 28.5. The van der Waals surface area contributed by atoms with Crippen LogP contribution in [0.2, 0.25) is 0 Å². The molecule has 0 radical (unpaired) electrons. The lowest BCUT2D eigenvalue weighted by Gasteiger charge is -2.41. The van der Waals surface area contributed by atoms with Crippen molar-refractivity contribution in [2.24, 2.45) is 0 Å². The van der Waals surface area contributed by atoms with Crippen molar-refractivity contribution >= 4 is 5.97 Å². The molecule has 0 aliphatic carbocycles. The summed E-state index contributed by atoms with van der Waals surface area (Å²) < 4.78 is 21.7. The van der Waals surface area contributed by atoms with Crippen LogP contribution in [-0.2, 0) is 30.3 Å². The van der Waals surface area contributed by atoms with Crippen molar-refractivity contribution in [3.05, 3.63) is 48.6 Å². The van der Waals surface area contributed by atoms with Crippen LogP contribution in [-0.4, -0.2) is 60.1 Å². The topological polar surface area (TPSA) is 94.5 Å². The van der Waals surface area contributed by atoms with Gasteiger partial charge in [-0.3, -0.25) is 4.79 Å². The highest BCUT2D eigenvalue weighted by Gasteiger charge is 2.47. The van der Waals surface area contributed by atoms with E-state index in [4.69, 9.17) is 18.9 Å². The van der Waals surface area contributed by atoms with Crippen LogP contribution < -0.4 is 0 Å². The van der Waals surface area contributed by atoms with E-state index in [0.717, 1.165) is 5.56 Å². The van der Waals surface area contributed by atoms with Crippen LogP contribution >= 0.6 is 0 Å². The van der Waals surface area contributed by atoms with Gasteiger partial charge in [-0.1, -0.05) is 43.3 Å². The van der Waals surface area contributed by atoms with Crippen molar-refractivity contribution in [1.29, 1.82) is 0 Å². The SMILES string of the molecule is C=CCOC1C(O)C(COCc2ccccc2)OC(O)C1OC(=O)CC. The molecule has 144 valence electrons. The zero-order valence-electron chi connectivity index (χ0n) is 14.8. The maximum atomic E-state index is 11.6. The van der Waals surface area contributed by atoms with Gasteiger partial charge in [0.1, 0.15) is 18.3 Å². The van der Waals surface area contributed by atoms with Gasteiger partial charge in [-0.25, -0.2) is 0 Å². The van der Waals surface area contributed by atoms with E-state index < -0.39 is 36.7 Å². The molecule has 0 saturated carbocycles. The smallest absolute Gasteiger partial charge is 0.306 e. The Kier molecular flexibility index (Phi) is 8.21. The Labute approximate surface area is 153 Å². The summed E-state index contributed by atoms with van der Waals surface area (Å²) >= 11 is 0. The van der Waals surface area contributed by atoms with Gasteiger partial charge in [-0.05, 0) is 5.56 Å². The molecule has 0 bridgehead atoms. The molecular weight excluding hydrogens is 340 g/mol. The summed E-state index contributed by atoms with van der Waals surface area (Å²) in [4.78, 5) is 11.6. The van der Waals surface area contributed by atoms with Crippen molar-refractivity contribution in [3.63, 3.8) is 0 Å². The molecule has 0 spiro atoms. The van der Waals surface area contributed by atoms with E-state index in [-0.39, 0.29) is 19.6 Å². The number of aliphatic hydroxyl groups excluding tert-OH is 2. The molecule has 1 aromatic rings. The fourth-order valence-corrected chi connectivity index (χ4v) is 2.64. The molecule has 26 heavy (non-hydrogen) atoms. The van der Waals surface area contributed by atoms with Crippen LogP contribution in [0.25, 0.3) is 0 Å². The molecule has 7 nitrogen and oxygen atoms in total. The lowest BCUT2D eigenvalue weighted by atomic mass is 9.98. The fraction of sp³-hybridized carbons (Fsp3) is 0.526. The standard InChI is InChI=1S/C19H26O7/c1-3-10-24-17-16(21)14(12-23-11-13-8-6-5-7-9-13)25-19(22)18(17)26-15(20)4-2/h3,5-9,14,16-19,21-22H,1,4,10-12H2,2H3. The first kappa shape index (κ1) is 20.5. The molecule has 7 heteroatoms. The van der Waals surface area contributed by atoms with Gasteiger partial charge in [0, 0.05) is 6.42 Å². The Balaban J connectivity index is 1.98. The Bertz CT molecular complexity index is 562. The number of benzene rings is 1. The van der Waals surface area contributed by atoms with Crippen LogP contribution in [0.3, 0.4) is 0 Å². The second-order valence-corrected chi connectivity index (χ2v) is 5.95. The monoisotopic (exact) mass is 366 g/mol. The number of rotatable bonds is 9. The number of ether oxygens (including phenoxy) is 4. The first-order valence-electron chi connectivity index (χ1n) is 8.62. The Morgan fingerprint density at radius 1 is 1.27 bits per heavy atom. The number of aliphatic hydroxyl groups is 2. The van der Waals surface area contributed by atoms with E-state index in [2.05, 4.69) is 6.58 Å². The minimum Gasteiger partial charge on any atom is -0.454 e. The Hall–Kier alpha value is -1.77. The number of carbonyl (C=O) groups is 1. The van der Waals surface area contributed by atoms with E-state index in [1.165, 1.54) is 6.08 Å². The number of hydrogen-bond acceptors (Lipinski definition) is 7. The van der Waals surface area contributed by atoms with Crippen molar-refractivity contribution in [2.75, 3.05) is 13.2 Å². The van der Waals surface area contributed by atoms with E-state index in [0.29, 0.717) is 6.61 Å². The molecule has 5 unspecified atom stereocenters. The molecule has 1 aliphatic rings. The van der Waals surface area contributed by atoms with Gasteiger partial charge in [0.25, 0.3) is 0 Å². The van der Waals surface area contributed by atoms with Crippen molar-refractivity contribution < 1.29 is 34.0 Å². The first-order valence-corrected chi connectivity index (χ1v) is 8.62. The van der Waals surface area contributed by atoms with Gasteiger partial charge in [-0.2, -0.15) is 0 Å². The molecule has 0 aromatic heterocycles. The summed E-state index contributed by atoms with van der Waals surface area (Å²) in [5, 5.41) is 20.8. The van der Waals surface area contributed by atoms with Gasteiger partial charge in [0.2, 0.25) is 0 Å². The summed E-state index contributed by atoms with van der Waals surface area (Å²) in [6, 6.07) is 9.56. The van der Waals surface area contributed by atoms with E-state index in [1.54, 1.807) is 6.92 Å². The van der Waals surface area contributed by atoms with Gasteiger partial charge >= 0.3 is 5.97 Å². The number of carbonyl (C=O) groups excluding carboxylic acids is 1. The average molecular weight is 366 g/mol. The lowest BCUT2D eigenvalue weighted by molar-refractivity contribution is -0.298. The van der Waals surface area contributed by atoms with Gasteiger partial charge in [0.15, 0.2) is 12.4 Å². The Morgan fingerprint density at radius 2 is 2.00 bits per heavy atom. The lowest BCUT2D eigenvalue weighted by Crippen LogP contribution is -2.60. The van der Waals surface area contributed by atoms with Crippen LogP contribution in [0.1, 0.15) is 18.9 Å². The average Bonchev–Trinajstić information content (AvgIpc) is 2.65. The number of esters is 1. The molecule has 1 aliphatic heterocycles. The Morgan fingerprint density at radius 3 is 2.65 bits per heavy atom. The maximum Gasteiger partial charge on any atom is 0.306 e. The highest BCUT2D eigenvalue weighted by molar-refractivity contribution is 5.69. The molecule has 1 fully saturated rings. The summed E-state index contributed by atoms with van der Waals surface area (Å²) in [5.74, 6) is -0.518.